The van der Waals surface area contributed by atoms with Crippen LogP contribution in [0.15, 0.2) is 48.5 Å². The van der Waals surface area contributed by atoms with E-state index in [1.54, 1.807) is 62.4 Å². The van der Waals surface area contributed by atoms with Crippen LogP contribution in [-0.2, 0) is 47.7 Å². The van der Waals surface area contributed by atoms with Gasteiger partial charge in [-0.25, -0.2) is 0 Å². The number of carbonyl (C=O) groups excluding carboxylic acids is 6. The molecule has 0 unspecified atom stereocenters. The van der Waals surface area contributed by atoms with Gasteiger partial charge < -0.3 is 29.6 Å². The molecule has 12 heteroatoms. The Labute approximate surface area is 231 Å². The van der Waals surface area contributed by atoms with Gasteiger partial charge in [0.15, 0.2) is 12.2 Å². The molecule has 2 rings (SSSR count). The van der Waals surface area contributed by atoms with Crippen LogP contribution in [0, 0.1) is 13.8 Å². The maximum atomic E-state index is 13.4. The summed E-state index contributed by atoms with van der Waals surface area (Å²) in [4.78, 5) is 75.3. The highest BCUT2D eigenvalue weighted by atomic mass is 16.6. The van der Waals surface area contributed by atoms with Crippen molar-refractivity contribution in [2.75, 3.05) is 10.6 Å². The van der Waals surface area contributed by atoms with Crippen molar-refractivity contribution in [3.63, 3.8) is 0 Å². The van der Waals surface area contributed by atoms with E-state index in [2.05, 4.69) is 10.6 Å². The summed E-state index contributed by atoms with van der Waals surface area (Å²) in [5.74, 6) is -5.76. The number of esters is 4. The molecule has 2 aromatic rings. The van der Waals surface area contributed by atoms with Crippen molar-refractivity contribution in [2.45, 2.75) is 66.0 Å². The van der Waals surface area contributed by atoms with Crippen LogP contribution in [0.2, 0.25) is 0 Å². The van der Waals surface area contributed by atoms with Gasteiger partial charge in [0.1, 0.15) is 0 Å². The highest BCUT2D eigenvalue weighted by molar-refractivity contribution is 5.98. The molecule has 40 heavy (non-hydrogen) atoms. The Morgan fingerprint density at radius 1 is 0.525 bits per heavy atom. The molecule has 2 aromatic carbocycles. The largest absolute Gasteiger partial charge is 0.454 e. The predicted molar refractivity (Wildman–Crippen MR) is 142 cm³/mol. The minimum absolute atomic E-state index is 0.351. The SMILES string of the molecule is CC(=O)O[C@H]([C@@H](OC(C)=O)[C@@H](OC(C)=O)C(=O)Nc1ccccc1C)[C@H](OC(C)=O)C(=O)Nc1ccccc1C. The average molecular weight is 557 g/mol. The van der Waals surface area contributed by atoms with Crippen molar-refractivity contribution in [2.24, 2.45) is 0 Å². The molecule has 0 bridgehead atoms. The molecule has 0 spiro atoms. The zero-order valence-corrected chi connectivity index (χ0v) is 23.0. The number of para-hydroxylation sites is 2. The lowest BCUT2D eigenvalue weighted by Gasteiger charge is -2.34. The topological polar surface area (TPSA) is 163 Å². The maximum Gasteiger partial charge on any atom is 0.303 e. The third-order valence-corrected chi connectivity index (χ3v) is 5.43. The van der Waals surface area contributed by atoms with Gasteiger partial charge >= 0.3 is 23.9 Å². The molecule has 0 aliphatic rings. The number of nitrogens with one attached hydrogen (secondary N) is 2. The number of aryl methyl sites for hydroxylation is 2. The van der Waals surface area contributed by atoms with E-state index >= 15 is 0 Å². The number of carbonyl (C=O) groups is 6. The first-order valence-electron chi connectivity index (χ1n) is 12.2. The Bertz CT molecular complexity index is 1180. The average Bonchev–Trinajstić information content (AvgIpc) is 2.85. The summed E-state index contributed by atoms with van der Waals surface area (Å²) in [6, 6.07) is 13.4. The Morgan fingerprint density at radius 3 is 1.10 bits per heavy atom. The Hall–Kier alpha value is -4.74. The molecule has 214 valence electrons. The molecule has 0 aliphatic carbocycles. The van der Waals surface area contributed by atoms with Crippen molar-refractivity contribution >= 4 is 47.1 Å². The monoisotopic (exact) mass is 556 g/mol. The van der Waals surface area contributed by atoms with E-state index in [1.165, 1.54) is 0 Å². The van der Waals surface area contributed by atoms with Crippen LogP contribution < -0.4 is 10.6 Å². The Balaban J connectivity index is 2.62. The van der Waals surface area contributed by atoms with Crippen LogP contribution in [0.25, 0.3) is 0 Å². The number of amides is 2. The second kappa shape index (κ2) is 14.4. The van der Waals surface area contributed by atoms with E-state index in [0.29, 0.717) is 22.5 Å². The van der Waals surface area contributed by atoms with Gasteiger partial charge in [0, 0.05) is 39.1 Å². The second-order valence-electron chi connectivity index (χ2n) is 8.82. The summed E-state index contributed by atoms with van der Waals surface area (Å²) in [7, 11) is 0. The van der Waals surface area contributed by atoms with Crippen LogP contribution in [0.1, 0.15) is 38.8 Å². The molecule has 12 nitrogen and oxygen atoms in total. The predicted octanol–water partition coefficient (Wildman–Crippen LogP) is 2.61. The fraction of sp³-hybridized carbons (Fsp3) is 0.357. The molecular weight excluding hydrogens is 524 g/mol. The quantitative estimate of drug-likeness (QED) is 0.311. The van der Waals surface area contributed by atoms with E-state index in [1.807, 2.05) is 0 Å². The summed E-state index contributed by atoms with van der Waals surface area (Å²) >= 11 is 0. The molecule has 0 heterocycles. The van der Waals surface area contributed by atoms with Gasteiger partial charge in [0.2, 0.25) is 12.2 Å². The lowest BCUT2D eigenvalue weighted by molar-refractivity contribution is -0.198. The van der Waals surface area contributed by atoms with Crippen LogP contribution in [0.5, 0.6) is 0 Å². The summed E-state index contributed by atoms with van der Waals surface area (Å²) in [6.07, 6.45) is -7.70. The fourth-order valence-corrected chi connectivity index (χ4v) is 3.72. The van der Waals surface area contributed by atoms with Gasteiger partial charge in [-0.2, -0.15) is 0 Å². The highest BCUT2D eigenvalue weighted by Gasteiger charge is 2.49. The number of rotatable bonds is 11. The van der Waals surface area contributed by atoms with Gasteiger partial charge in [-0.3, -0.25) is 28.8 Å². The van der Waals surface area contributed by atoms with Crippen molar-refractivity contribution < 1.29 is 47.7 Å². The first kappa shape index (κ1) is 31.5. The molecule has 0 saturated carbocycles. The summed E-state index contributed by atoms with van der Waals surface area (Å²) < 4.78 is 21.1. The van der Waals surface area contributed by atoms with E-state index in [0.717, 1.165) is 27.7 Å². The normalized spacial score (nSPS) is 13.4. The second-order valence-corrected chi connectivity index (χ2v) is 8.82. The van der Waals surface area contributed by atoms with E-state index in [9.17, 15) is 28.8 Å². The zero-order valence-electron chi connectivity index (χ0n) is 23.0. The zero-order chi connectivity index (χ0) is 30.0. The molecule has 0 radical (unpaired) electrons. The van der Waals surface area contributed by atoms with Crippen molar-refractivity contribution in [1.29, 1.82) is 0 Å². The minimum atomic E-state index is -1.94. The molecule has 0 fully saturated rings. The van der Waals surface area contributed by atoms with Crippen LogP contribution >= 0.6 is 0 Å². The van der Waals surface area contributed by atoms with Crippen LogP contribution in [0.4, 0.5) is 11.4 Å². The number of ether oxygens (including phenoxy) is 4. The van der Waals surface area contributed by atoms with E-state index < -0.39 is 60.1 Å². The van der Waals surface area contributed by atoms with Crippen molar-refractivity contribution in [1.82, 2.24) is 0 Å². The summed E-state index contributed by atoms with van der Waals surface area (Å²) in [5.41, 5.74) is 2.02. The smallest absolute Gasteiger partial charge is 0.303 e. The summed E-state index contributed by atoms with van der Waals surface area (Å²) in [5, 5.41) is 5.16. The number of hydrogen-bond acceptors (Lipinski definition) is 10. The molecule has 2 amide bonds. The minimum Gasteiger partial charge on any atom is -0.454 e. The molecule has 2 N–H and O–H groups in total. The van der Waals surface area contributed by atoms with Crippen LogP contribution in [-0.4, -0.2) is 60.1 Å². The lowest BCUT2D eigenvalue weighted by atomic mass is 9.99. The Morgan fingerprint density at radius 2 is 0.825 bits per heavy atom. The highest BCUT2D eigenvalue weighted by Crippen LogP contribution is 2.24. The van der Waals surface area contributed by atoms with Gasteiger partial charge in [-0.15, -0.1) is 0 Å². The maximum absolute atomic E-state index is 13.4. The molecular formula is C28H32N2O10. The number of anilines is 2. The number of hydrogen-bond donors (Lipinski definition) is 2. The van der Waals surface area contributed by atoms with Gasteiger partial charge in [0.25, 0.3) is 11.8 Å². The van der Waals surface area contributed by atoms with Crippen molar-refractivity contribution in [3.8, 4) is 0 Å². The first-order chi connectivity index (χ1) is 18.8. The van der Waals surface area contributed by atoms with E-state index in [-0.39, 0.29) is 0 Å². The van der Waals surface area contributed by atoms with Gasteiger partial charge in [-0.05, 0) is 37.1 Å². The molecule has 0 aromatic heterocycles. The molecule has 4 atom stereocenters. The van der Waals surface area contributed by atoms with Gasteiger partial charge in [0.05, 0.1) is 0 Å². The standard InChI is InChI=1S/C28H32N2O10/c1-15-11-7-9-13-21(15)29-27(35)25(39-19(5)33)23(37-17(3)31)24(38-18(4)32)26(40-20(6)34)28(36)30-22-14-10-8-12-16(22)2/h7-14,23-26H,1-6H3,(H,29,35)(H,30,36)/t23-,24-,25-,26+/m1/s1. The molecule has 0 saturated heterocycles. The first-order valence-corrected chi connectivity index (χ1v) is 12.2. The fourth-order valence-electron chi connectivity index (χ4n) is 3.72. The number of benzene rings is 2. The van der Waals surface area contributed by atoms with Gasteiger partial charge in [-0.1, -0.05) is 36.4 Å². The van der Waals surface area contributed by atoms with Crippen LogP contribution in [0.3, 0.4) is 0 Å². The summed E-state index contributed by atoms with van der Waals surface area (Å²) in [6.45, 7) is 7.44. The lowest BCUT2D eigenvalue weighted by Crippen LogP contribution is -2.57. The molecule has 0 aliphatic heterocycles. The third kappa shape index (κ3) is 9.22. The van der Waals surface area contributed by atoms with E-state index in [4.69, 9.17) is 18.9 Å². The third-order valence-electron chi connectivity index (χ3n) is 5.43. The Kier molecular flexibility index (Phi) is 11.4. The van der Waals surface area contributed by atoms with Crippen molar-refractivity contribution in [3.05, 3.63) is 59.7 Å².